The van der Waals surface area contributed by atoms with E-state index < -0.39 is 0 Å². The van der Waals surface area contributed by atoms with E-state index >= 15 is 0 Å². The fourth-order valence-electron chi connectivity index (χ4n) is 1.62. The number of ether oxygens (including phenoxy) is 1. The molecule has 5 heteroatoms. The molecule has 2 rings (SSSR count). The third-order valence-electron chi connectivity index (χ3n) is 2.38. The summed E-state index contributed by atoms with van der Waals surface area (Å²) < 4.78 is 5.44. The maximum atomic E-state index is 5.44. The van der Waals surface area contributed by atoms with Gasteiger partial charge in [-0.1, -0.05) is 18.2 Å². The Kier molecular flexibility index (Phi) is 4.55. The molecule has 0 saturated heterocycles. The fourth-order valence-corrected chi connectivity index (χ4v) is 1.62. The Morgan fingerprint density at radius 2 is 1.89 bits per heavy atom. The van der Waals surface area contributed by atoms with Gasteiger partial charge in [0.15, 0.2) is 0 Å². The van der Waals surface area contributed by atoms with Crippen molar-refractivity contribution in [1.29, 1.82) is 0 Å². The van der Waals surface area contributed by atoms with Crippen LogP contribution in [0.25, 0.3) is 0 Å². The number of benzene rings is 1. The van der Waals surface area contributed by atoms with E-state index in [1.807, 2.05) is 44.2 Å². The average molecular weight is 258 g/mol. The highest BCUT2D eigenvalue weighted by atomic mass is 16.5. The van der Waals surface area contributed by atoms with E-state index in [2.05, 4.69) is 20.6 Å². The second-order valence-corrected chi connectivity index (χ2v) is 3.87. The standard InChI is InChI=1S/C14H18N4O/c1-3-15-12-10-13(19-4-2)18-14(17-12)16-11-8-6-5-7-9-11/h5-10H,3-4H2,1-2H3,(H2,15,16,17,18). The monoisotopic (exact) mass is 258 g/mol. The number of para-hydroxylation sites is 1. The number of nitrogens with zero attached hydrogens (tertiary/aromatic N) is 2. The molecule has 0 unspecified atom stereocenters. The van der Waals surface area contributed by atoms with Crippen molar-refractivity contribution in [3.8, 4) is 5.88 Å². The molecule has 0 radical (unpaired) electrons. The van der Waals surface area contributed by atoms with Crippen LogP contribution in [0.2, 0.25) is 0 Å². The predicted molar refractivity (Wildman–Crippen MR) is 77.1 cm³/mol. The fraction of sp³-hybridized carbons (Fsp3) is 0.286. The molecule has 1 aromatic carbocycles. The molecular formula is C14H18N4O. The molecule has 0 aliphatic heterocycles. The number of aromatic nitrogens is 2. The first-order valence-corrected chi connectivity index (χ1v) is 6.39. The van der Waals surface area contributed by atoms with E-state index in [1.165, 1.54) is 0 Å². The van der Waals surface area contributed by atoms with Gasteiger partial charge in [-0.2, -0.15) is 9.97 Å². The molecule has 0 bridgehead atoms. The highest BCUT2D eigenvalue weighted by Gasteiger charge is 2.05. The summed E-state index contributed by atoms with van der Waals surface area (Å²) in [5.74, 6) is 1.83. The molecule has 1 aromatic heterocycles. The average Bonchev–Trinajstić information content (AvgIpc) is 2.40. The van der Waals surface area contributed by atoms with E-state index in [4.69, 9.17) is 4.74 Å². The Balaban J connectivity index is 2.23. The van der Waals surface area contributed by atoms with Crippen LogP contribution in [0.5, 0.6) is 5.88 Å². The molecule has 0 fully saturated rings. The minimum Gasteiger partial charge on any atom is -0.478 e. The Bertz CT molecular complexity index is 492. The van der Waals surface area contributed by atoms with Gasteiger partial charge in [0, 0.05) is 18.3 Å². The van der Waals surface area contributed by atoms with E-state index in [0.717, 1.165) is 18.1 Å². The van der Waals surface area contributed by atoms with Gasteiger partial charge in [0.1, 0.15) is 5.82 Å². The lowest BCUT2D eigenvalue weighted by Gasteiger charge is -2.10. The molecule has 0 saturated carbocycles. The van der Waals surface area contributed by atoms with E-state index in [-0.39, 0.29) is 0 Å². The van der Waals surface area contributed by atoms with Crippen molar-refractivity contribution >= 4 is 17.5 Å². The molecule has 0 amide bonds. The molecule has 5 nitrogen and oxygen atoms in total. The summed E-state index contributed by atoms with van der Waals surface area (Å²) in [7, 11) is 0. The van der Waals surface area contributed by atoms with Gasteiger partial charge >= 0.3 is 0 Å². The molecule has 0 spiro atoms. The van der Waals surface area contributed by atoms with Crippen LogP contribution in [-0.2, 0) is 0 Å². The highest BCUT2D eigenvalue weighted by Crippen LogP contribution is 2.19. The summed E-state index contributed by atoms with van der Waals surface area (Å²) in [4.78, 5) is 8.70. The Hall–Kier alpha value is -2.30. The molecule has 19 heavy (non-hydrogen) atoms. The van der Waals surface area contributed by atoms with Gasteiger partial charge in [0.05, 0.1) is 6.61 Å². The van der Waals surface area contributed by atoms with Crippen LogP contribution in [0.1, 0.15) is 13.8 Å². The number of nitrogens with one attached hydrogen (secondary N) is 2. The molecule has 100 valence electrons. The minimum absolute atomic E-state index is 0.521. The lowest BCUT2D eigenvalue weighted by molar-refractivity contribution is 0.327. The Morgan fingerprint density at radius 3 is 2.58 bits per heavy atom. The summed E-state index contributed by atoms with van der Waals surface area (Å²) in [5.41, 5.74) is 0.943. The third kappa shape index (κ3) is 3.84. The van der Waals surface area contributed by atoms with Crippen LogP contribution in [0, 0.1) is 0 Å². The normalized spacial score (nSPS) is 10.0. The second kappa shape index (κ2) is 6.58. The van der Waals surface area contributed by atoms with E-state index in [0.29, 0.717) is 18.4 Å². The van der Waals surface area contributed by atoms with Crippen molar-refractivity contribution in [1.82, 2.24) is 9.97 Å². The Morgan fingerprint density at radius 1 is 1.11 bits per heavy atom. The number of hydrogen-bond donors (Lipinski definition) is 2. The molecule has 2 N–H and O–H groups in total. The van der Waals surface area contributed by atoms with Gasteiger partial charge in [-0.3, -0.25) is 0 Å². The van der Waals surface area contributed by atoms with Crippen LogP contribution in [0.15, 0.2) is 36.4 Å². The summed E-state index contributed by atoms with van der Waals surface area (Å²) in [5, 5.41) is 6.32. The summed E-state index contributed by atoms with van der Waals surface area (Å²) in [6.07, 6.45) is 0. The van der Waals surface area contributed by atoms with Crippen LogP contribution >= 0.6 is 0 Å². The van der Waals surface area contributed by atoms with Gasteiger partial charge in [-0.15, -0.1) is 0 Å². The molecular weight excluding hydrogens is 240 g/mol. The first-order valence-electron chi connectivity index (χ1n) is 6.39. The largest absolute Gasteiger partial charge is 0.478 e. The summed E-state index contributed by atoms with van der Waals surface area (Å²) in [6.45, 7) is 5.33. The van der Waals surface area contributed by atoms with Crippen LogP contribution in [0.4, 0.5) is 17.5 Å². The van der Waals surface area contributed by atoms with Crippen LogP contribution in [-0.4, -0.2) is 23.1 Å². The highest BCUT2D eigenvalue weighted by molar-refractivity contribution is 5.55. The molecule has 0 atom stereocenters. The number of rotatable bonds is 6. The molecule has 0 aliphatic carbocycles. The van der Waals surface area contributed by atoms with Gasteiger partial charge in [-0.25, -0.2) is 0 Å². The smallest absolute Gasteiger partial charge is 0.232 e. The quantitative estimate of drug-likeness (QED) is 0.834. The van der Waals surface area contributed by atoms with E-state index in [1.54, 1.807) is 6.07 Å². The maximum absolute atomic E-state index is 5.44. The van der Waals surface area contributed by atoms with Crippen molar-refractivity contribution in [2.75, 3.05) is 23.8 Å². The Labute approximate surface area is 113 Å². The molecule has 2 aromatic rings. The predicted octanol–water partition coefficient (Wildman–Crippen LogP) is 3.05. The zero-order chi connectivity index (χ0) is 13.5. The first kappa shape index (κ1) is 13.1. The van der Waals surface area contributed by atoms with Crippen LogP contribution in [0.3, 0.4) is 0 Å². The molecule has 0 aliphatic rings. The zero-order valence-corrected chi connectivity index (χ0v) is 11.2. The van der Waals surface area contributed by atoms with Crippen molar-refractivity contribution in [2.24, 2.45) is 0 Å². The van der Waals surface area contributed by atoms with E-state index in [9.17, 15) is 0 Å². The van der Waals surface area contributed by atoms with Gasteiger partial charge in [0.25, 0.3) is 0 Å². The lowest BCUT2D eigenvalue weighted by Crippen LogP contribution is -2.05. The van der Waals surface area contributed by atoms with Crippen molar-refractivity contribution in [3.63, 3.8) is 0 Å². The SMILES string of the molecule is CCNc1cc(OCC)nc(Nc2ccccc2)n1. The minimum atomic E-state index is 0.521. The van der Waals surface area contributed by atoms with Gasteiger partial charge < -0.3 is 15.4 Å². The lowest BCUT2D eigenvalue weighted by atomic mass is 10.3. The third-order valence-corrected chi connectivity index (χ3v) is 2.38. The number of anilines is 3. The number of hydrogen-bond acceptors (Lipinski definition) is 5. The van der Waals surface area contributed by atoms with Crippen molar-refractivity contribution in [2.45, 2.75) is 13.8 Å². The summed E-state index contributed by atoms with van der Waals surface area (Å²) in [6, 6.07) is 11.6. The molecule has 1 heterocycles. The van der Waals surface area contributed by atoms with Crippen molar-refractivity contribution < 1.29 is 4.74 Å². The first-order chi connectivity index (χ1) is 9.31. The topological polar surface area (TPSA) is 59.1 Å². The maximum Gasteiger partial charge on any atom is 0.232 e. The zero-order valence-electron chi connectivity index (χ0n) is 11.2. The van der Waals surface area contributed by atoms with Gasteiger partial charge in [-0.05, 0) is 26.0 Å². The van der Waals surface area contributed by atoms with Gasteiger partial charge in [0.2, 0.25) is 11.8 Å². The van der Waals surface area contributed by atoms with Crippen LogP contribution < -0.4 is 15.4 Å². The van der Waals surface area contributed by atoms with Crippen molar-refractivity contribution in [3.05, 3.63) is 36.4 Å². The second-order valence-electron chi connectivity index (χ2n) is 3.87. The summed E-state index contributed by atoms with van der Waals surface area (Å²) >= 11 is 0.